The van der Waals surface area contributed by atoms with Crippen molar-refractivity contribution < 1.29 is 13.7 Å². The molecule has 0 amide bonds. The van der Waals surface area contributed by atoms with Crippen LogP contribution in [-0.4, -0.2) is 40.0 Å². The van der Waals surface area contributed by atoms with Crippen LogP contribution in [0.5, 0.6) is 11.5 Å². The second kappa shape index (κ2) is 5.75. The molecule has 1 heterocycles. The van der Waals surface area contributed by atoms with Crippen LogP contribution in [0.15, 0.2) is 12.1 Å². The lowest BCUT2D eigenvalue weighted by Crippen LogP contribution is -2.06. The molecule has 104 valence electrons. The Balaban J connectivity index is 2.55. The van der Waals surface area contributed by atoms with Crippen LogP contribution in [0.3, 0.4) is 0 Å². The Kier molecular flexibility index (Phi) is 4.26. The highest BCUT2D eigenvalue weighted by atomic mass is 32.2. The summed E-state index contributed by atoms with van der Waals surface area (Å²) in [5.74, 6) is 1.86. The maximum Gasteiger partial charge on any atom is 0.178 e. The van der Waals surface area contributed by atoms with Gasteiger partial charge in [0.25, 0.3) is 0 Å². The predicted molar refractivity (Wildman–Crippen MR) is 79.2 cm³/mol. The van der Waals surface area contributed by atoms with E-state index in [1.807, 2.05) is 16.7 Å². The van der Waals surface area contributed by atoms with Gasteiger partial charge in [-0.3, -0.25) is 4.21 Å². The van der Waals surface area contributed by atoms with E-state index in [0.717, 1.165) is 11.0 Å². The maximum atomic E-state index is 11.2. The normalized spacial score (nSPS) is 12.6. The number of imidazole rings is 1. The number of methoxy groups -OCH3 is 2. The molecule has 1 atom stereocenters. The molecule has 2 aromatic rings. The van der Waals surface area contributed by atoms with Crippen molar-refractivity contribution in [3.05, 3.63) is 16.9 Å². The van der Waals surface area contributed by atoms with Crippen LogP contribution in [0.25, 0.3) is 11.0 Å². The van der Waals surface area contributed by atoms with Gasteiger partial charge in [-0.15, -0.1) is 0 Å². The van der Waals surface area contributed by atoms with Gasteiger partial charge in [-0.25, -0.2) is 0 Å². The number of fused-ring (bicyclic) bond motifs is 1. The molecule has 1 unspecified atom stereocenters. The molecule has 0 spiro atoms. The number of hydrogen-bond donors (Lipinski definition) is 1. The van der Waals surface area contributed by atoms with Gasteiger partial charge in [0.2, 0.25) is 0 Å². The Morgan fingerprint density at radius 3 is 2.53 bits per heavy atom. The van der Waals surface area contributed by atoms with E-state index in [2.05, 4.69) is 4.98 Å². The summed E-state index contributed by atoms with van der Waals surface area (Å²) < 4.78 is 24.3. The molecule has 0 fully saturated rings. The summed E-state index contributed by atoms with van der Waals surface area (Å²) in [5.41, 5.74) is 1.80. The van der Waals surface area contributed by atoms with Crippen molar-refractivity contribution in [2.45, 2.75) is 6.54 Å². The van der Waals surface area contributed by atoms with Crippen LogP contribution < -0.4 is 9.47 Å². The van der Waals surface area contributed by atoms with Crippen molar-refractivity contribution in [2.75, 3.05) is 26.2 Å². The van der Waals surface area contributed by atoms with Crippen molar-refractivity contribution in [2.24, 2.45) is 0 Å². The highest BCUT2D eigenvalue weighted by molar-refractivity contribution is 7.84. The van der Waals surface area contributed by atoms with Gasteiger partial charge in [-0.1, -0.05) is 0 Å². The standard InChI is InChI=1S/C12H16N2O3S2/c1-16-10-6-8-9(7-11(10)17-2)14(12(18)13-8)4-5-19(3)15/h6-7H,4-5H2,1-3H3,(H,13,18). The average Bonchev–Trinajstić information content (AvgIpc) is 2.69. The summed E-state index contributed by atoms with van der Waals surface area (Å²) in [7, 11) is 2.33. The largest absolute Gasteiger partial charge is 0.493 e. The molecule has 7 heteroatoms. The second-order valence-electron chi connectivity index (χ2n) is 4.08. The van der Waals surface area contributed by atoms with E-state index in [1.165, 1.54) is 0 Å². The van der Waals surface area contributed by atoms with Crippen LogP contribution in [0.4, 0.5) is 0 Å². The minimum absolute atomic E-state index is 0.565. The first-order valence-corrected chi connectivity index (χ1v) is 7.85. The number of aromatic amines is 1. The highest BCUT2D eigenvalue weighted by Gasteiger charge is 2.11. The first kappa shape index (κ1) is 14.1. The number of ether oxygens (including phenoxy) is 2. The third kappa shape index (κ3) is 2.82. The van der Waals surface area contributed by atoms with E-state index in [1.54, 1.807) is 20.5 Å². The number of nitrogens with one attached hydrogen (secondary N) is 1. The molecule has 0 aliphatic rings. The molecule has 2 rings (SSSR count). The van der Waals surface area contributed by atoms with Crippen LogP contribution in [-0.2, 0) is 17.3 Å². The van der Waals surface area contributed by atoms with Crippen molar-refractivity contribution in [3.63, 3.8) is 0 Å². The lowest BCUT2D eigenvalue weighted by Gasteiger charge is -2.08. The number of aryl methyl sites for hydroxylation is 1. The quantitative estimate of drug-likeness (QED) is 0.859. The Morgan fingerprint density at radius 2 is 1.95 bits per heavy atom. The third-order valence-electron chi connectivity index (χ3n) is 2.88. The zero-order valence-electron chi connectivity index (χ0n) is 11.1. The topological polar surface area (TPSA) is 56.2 Å². The first-order valence-electron chi connectivity index (χ1n) is 5.71. The van der Waals surface area contributed by atoms with Crippen molar-refractivity contribution in [1.29, 1.82) is 0 Å². The maximum absolute atomic E-state index is 11.2. The molecule has 0 saturated heterocycles. The molecular weight excluding hydrogens is 284 g/mol. The van der Waals surface area contributed by atoms with E-state index >= 15 is 0 Å². The fourth-order valence-electron chi connectivity index (χ4n) is 1.93. The SMILES string of the molecule is COc1cc2[nH]c(=S)n(CCS(C)=O)c2cc1OC. The Morgan fingerprint density at radius 1 is 1.32 bits per heavy atom. The molecule has 0 aliphatic carbocycles. The van der Waals surface area contributed by atoms with Crippen LogP contribution in [0, 0.1) is 4.77 Å². The monoisotopic (exact) mass is 300 g/mol. The van der Waals surface area contributed by atoms with Gasteiger partial charge in [0.1, 0.15) is 0 Å². The van der Waals surface area contributed by atoms with Gasteiger partial charge >= 0.3 is 0 Å². The second-order valence-corrected chi connectivity index (χ2v) is 6.02. The van der Waals surface area contributed by atoms with E-state index in [0.29, 0.717) is 28.6 Å². The molecule has 5 nitrogen and oxygen atoms in total. The highest BCUT2D eigenvalue weighted by Crippen LogP contribution is 2.31. The van der Waals surface area contributed by atoms with Crippen molar-refractivity contribution >= 4 is 34.1 Å². The number of nitrogens with zero attached hydrogens (tertiary/aromatic N) is 1. The van der Waals surface area contributed by atoms with Gasteiger partial charge < -0.3 is 19.0 Å². The molecule has 0 saturated carbocycles. The molecule has 0 aliphatic heterocycles. The molecule has 1 aromatic heterocycles. The fourth-order valence-corrected chi connectivity index (χ4v) is 2.66. The lowest BCUT2D eigenvalue weighted by molar-refractivity contribution is 0.355. The minimum Gasteiger partial charge on any atom is -0.493 e. The molecular formula is C12H16N2O3S2. The minimum atomic E-state index is -0.851. The number of benzene rings is 1. The summed E-state index contributed by atoms with van der Waals surface area (Å²) in [6, 6.07) is 3.72. The molecule has 0 radical (unpaired) electrons. The number of H-pyrrole nitrogens is 1. The van der Waals surface area contributed by atoms with Crippen molar-refractivity contribution in [1.82, 2.24) is 9.55 Å². The summed E-state index contributed by atoms with van der Waals surface area (Å²) in [5, 5.41) is 0. The lowest BCUT2D eigenvalue weighted by atomic mass is 10.2. The fraction of sp³-hybridized carbons (Fsp3) is 0.417. The van der Waals surface area contributed by atoms with E-state index < -0.39 is 10.8 Å². The summed E-state index contributed by atoms with van der Waals surface area (Å²) >= 11 is 5.29. The van der Waals surface area contributed by atoms with Crippen LogP contribution in [0.2, 0.25) is 0 Å². The van der Waals surface area contributed by atoms with Gasteiger partial charge in [0.15, 0.2) is 16.3 Å². The zero-order chi connectivity index (χ0) is 14.0. The Bertz CT molecular complexity index is 675. The summed E-state index contributed by atoms with van der Waals surface area (Å²) in [4.78, 5) is 3.12. The molecule has 19 heavy (non-hydrogen) atoms. The van der Waals surface area contributed by atoms with E-state index in [-0.39, 0.29) is 0 Å². The third-order valence-corrected chi connectivity index (χ3v) is 3.96. The van der Waals surface area contributed by atoms with Crippen LogP contribution >= 0.6 is 12.2 Å². The Hall–Kier alpha value is -1.34. The van der Waals surface area contributed by atoms with Gasteiger partial charge in [-0.05, 0) is 12.2 Å². The smallest absolute Gasteiger partial charge is 0.178 e. The molecule has 1 N–H and O–H groups in total. The number of aromatic nitrogens is 2. The zero-order valence-corrected chi connectivity index (χ0v) is 12.7. The van der Waals surface area contributed by atoms with Gasteiger partial charge in [0, 0.05) is 41.5 Å². The number of hydrogen-bond acceptors (Lipinski definition) is 4. The van der Waals surface area contributed by atoms with Gasteiger partial charge in [0.05, 0.1) is 25.3 Å². The first-order chi connectivity index (χ1) is 9.06. The summed E-state index contributed by atoms with van der Waals surface area (Å²) in [6.07, 6.45) is 1.68. The van der Waals surface area contributed by atoms with Gasteiger partial charge in [-0.2, -0.15) is 0 Å². The number of rotatable bonds is 5. The molecule has 1 aromatic carbocycles. The predicted octanol–water partition coefficient (Wildman–Crippen LogP) is 2.09. The van der Waals surface area contributed by atoms with Crippen LogP contribution in [0.1, 0.15) is 0 Å². The average molecular weight is 300 g/mol. The van der Waals surface area contributed by atoms with E-state index in [4.69, 9.17) is 21.7 Å². The van der Waals surface area contributed by atoms with E-state index in [9.17, 15) is 4.21 Å². The molecule has 0 bridgehead atoms. The summed E-state index contributed by atoms with van der Waals surface area (Å²) in [6.45, 7) is 0.609. The van der Waals surface area contributed by atoms with Crippen molar-refractivity contribution in [3.8, 4) is 11.5 Å². The Labute approximate surface area is 119 Å².